The first-order chi connectivity index (χ1) is 10.2. The van der Waals surface area contributed by atoms with E-state index < -0.39 is 17.8 Å². The molecule has 0 radical (unpaired) electrons. The lowest BCUT2D eigenvalue weighted by Gasteiger charge is -2.12. The van der Waals surface area contributed by atoms with Gasteiger partial charge >= 0.3 is 11.7 Å². The van der Waals surface area contributed by atoms with Gasteiger partial charge < -0.3 is 14.9 Å². The summed E-state index contributed by atoms with van der Waals surface area (Å²) in [6, 6.07) is 8.42. The molecule has 1 aliphatic carbocycles. The Labute approximate surface area is 120 Å². The molecule has 6 nitrogen and oxygen atoms in total. The minimum Gasteiger partial charge on any atom is -0.377 e. The molecule has 1 aromatic heterocycles. The molecule has 0 aliphatic heterocycles. The van der Waals surface area contributed by atoms with Crippen LogP contribution in [0.3, 0.4) is 0 Å². The van der Waals surface area contributed by atoms with Crippen LogP contribution < -0.4 is 10.5 Å². The fourth-order valence-corrected chi connectivity index (χ4v) is 2.26. The van der Waals surface area contributed by atoms with E-state index in [0.29, 0.717) is 17.7 Å². The zero-order valence-corrected chi connectivity index (χ0v) is 11.2. The number of fused-ring (bicyclic) bond motifs is 1. The van der Waals surface area contributed by atoms with Crippen molar-refractivity contribution in [2.45, 2.75) is 18.9 Å². The molecule has 1 heterocycles. The standard InChI is InChI=1S/C15H14N2O4/c18-13(10-6-2-1-3-7-10)14(19)21-17-12-9-5-4-8-11(12)16-15(17)20/h1-3,5-7,9,13,18H,4,8H2,(H,16,20). The SMILES string of the molecule is O=C(On1c2c([nH]c1=O)CCC=C2)C(O)c1ccccc1. The average molecular weight is 286 g/mol. The van der Waals surface area contributed by atoms with Crippen LogP contribution in [-0.2, 0) is 11.2 Å². The van der Waals surface area contributed by atoms with Gasteiger partial charge in [-0.25, -0.2) is 9.59 Å². The second kappa shape index (κ2) is 5.41. The van der Waals surface area contributed by atoms with Gasteiger partial charge in [0.1, 0.15) is 5.69 Å². The van der Waals surface area contributed by atoms with Crippen LogP contribution in [0.25, 0.3) is 6.08 Å². The molecule has 0 saturated heterocycles. The molecule has 1 aliphatic rings. The third-order valence-corrected chi connectivity index (χ3v) is 3.33. The van der Waals surface area contributed by atoms with Crippen molar-refractivity contribution < 1.29 is 14.7 Å². The van der Waals surface area contributed by atoms with Crippen molar-refractivity contribution in [3.8, 4) is 0 Å². The highest BCUT2D eigenvalue weighted by Crippen LogP contribution is 2.16. The Morgan fingerprint density at radius 3 is 2.86 bits per heavy atom. The zero-order chi connectivity index (χ0) is 14.8. The summed E-state index contributed by atoms with van der Waals surface area (Å²) >= 11 is 0. The van der Waals surface area contributed by atoms with Gasteiger partial charge in [-0.2, -0.15) is 0 Å². The van der Waals surface area contributed by atoms with E-state index >= 15 is 0 Å². The van der Waals surface area contributed by atoms with E-state index in [1.54, 1.807) is 36.4 Å². The average Bonchev–Trinajstić information content (AvgIpc) is 2.83. The monoisotopic (exact) mass is 286 g/mol. The number of benzene rings is 1. The van der Waals surface area contributed by atoms with Crippen LogP contribution >= 0.6 is 0 Å². The number of carbonyl (C=O) groups is 1. The van der Waals surface area contributed by atoms with Crippen molar-refractivity contribution in [3.05, 3.63) is 63.8 Å². The van der Waals surface area contributed by atoms with Gasteiger partial charge in [0.05, 0.1) is 0 Å². The molecule has 1 aromatic carbocycles. The minimum absolute atomic E-state index is 0.412. The number of aryl methyl sites for hydroxylation is 1. The van der Waals surface area contributed by atoms with Gasteiger partial charge in [-0.05, 0) is 24.5 Å². The van der Waals surface area contributed by atoms with Gasteiger partial charge in [-0.15, -0.1) is 4.73 Å². The van der Waals surface area contributed by atoms with Gasteiger partial charge in [0.2, 0.25) is 0 Å². The van der Waals surface area contributed by atoms with E-state index in [4.69, 9.17) is 4.84 Å². The van der Waals surface area contributed by atoms with Crippen LogP contribution in [0.5, 0.6) is 0 Å². The van der Waals surface area contributed by atoms with Crippen molar-refractivity contribution in [2.24, 2.45) is 0 Å². The lowest BCUT2D eigenvalue weighted by molar-refractivity contribution is -0.155. The van der Waals surface area contributed by atoms with Crippen molar-refractivity contribution >= 4 is 12.0 Å². The number of aliphatic hydroxyl groups is 1. The van der Waals surface area contributed by atoms with Crippen molar-refractivity contribution in [1.29, 1.82) is 0 Å². The summed E-state index contributed by atoms with van der Waals surface area (Å²) in [5.74, 6) is -0.899. The molecule has 0 spiro atoms. The topological polar surface area (TPSA) is 84.3 Å². The number of allylic oxidation sites excluding steroid dienone is 1. The maximum absolute atomic E-state index is 12.0. The molecule has 0 amide bonds. The molecule has 2 aromatic rings. The summed E-state index contributed by atoms with van der Waals surface area (Å²) < 4.78 is 0.888. The normalized spacial score (nSPS) is 14.5. The predicted octanol–water partition coefficient (Wildman–Crippen LogP) is 0.825. The lowest BCUT2D eigenvalue weighted by Crippen LogP contribution is -2.33. The first-order valence-electron chi connectivity index (χ1n) is 6.62. The molecule has 1 atom stereocenters. The Hall–Kier alpha value is -2.60. The number of carbonyl (C=O) groups excluding carboxylic acids is 1. The van der Waals surface area contributed by atoms with Crippen LogP contribution in [0, 0.1) is 0 Å². The molecule has 21 heavy (non-hydrogen) atoms. The van der Waals surface area contributed by atoms with Crippen LogP contribution in [0.15, 0.2) is 41.2 Å². The maximum Gasteiger partial charge on any atom is 0.365 e. The number of aromatic amines is 1. The summed E-state index contributed by atoms with van der Waals surface area (Å²) in [5, 5.41) is 9.96. The maximum atomic E-state index is 12.0. The molecule has 2 N–H and O–H groups in total. The molecule has 6 heteroatoms. The van der Waals surface area contributed by atoms with E-state index in [2.05, 4.69) is 4.98 Å². The number of aromatic nitrogens is 2. The zero-order valence-electron chi connectivity index (χ0n) is 11.2. The highest BCUT2D eigenvalue weighted by molar-refractivity contribution is 5.76. The third kappa shape index (κ3) is 2.53. The number of aliphatic hydroxyl groups excluding tert-OH is 1. The Kier molecular flexibility index (Phi) is 3.45. The van der Waals surface area contributed by atoms with Crippen molar-refractivity contribution in [2.75, 3.05) is 0 Å². The molecule has 108 valence electrons. The van der Waals surface area contributed by atoms with Gasteiger partial charge in [-0.3, -0.25) is 0 Å². The number of H-pyrrole nitrogens is 1. The molecule has 0 bridgehead atoms. The highest BCUT2D eigenvalue weighted by Gasteiger charge is 2.23. The molecule has 0 fully saturated rings. The van der Waals surface area contributed by atoms with Crippen LogP contribution in [0.2, 0.25) is 0 Å². The largest absolute Gasteiger partial charge is 0.377 e. The minimum atomic E-state index is -1.43. The first-order valence-corrected chi connectivity index (χ1v) is 6.62. The number of imidazole rings is 1. The predicted molar refractivity (Wildman–Crippen MR) is 75.4 cm³/mol. The fourth-order valence-electron chi connectivity index (χ4n) is 2.26. The number of rotatable bonds is 3. The van der Waals surface area contributed by atoms with E-state index in [-0.39, 0.29) is 0 Å². The summed E-state index contributed by atoms with van der Waals surface area (Å²) in [5.41, 5.74) is 1.13. The fraction of sp³-hybridized carbons (Fsp3) is 0.200. The molecule has 0 saturated carbocycles. The third-order valence-electron chi connectivity index (χ3n) is 3.33. The highest BCUT2D eigenvalue weighted by atomic mass is 16.7. The number of hydrogen-bond acceptors (Lipinski definition) is 4. The first kappa shape index (κ1) is 13.4. The van der Waals surface area contributed by atoms with Crippen molar-refractivity contribution in [1.82, 2.24) is 9.71 Å². The van der Waals surface area contributed by atoms with Gasteiger partial charge in [0, 0.05) is 5.69 Å². The van der Waals surface area contributed by atoms with Gasteiger partial charge in [0.15, 0.2) is 6.10 Å². The summed E-state index contributed by atoms with van der Waals surface area (Å²) in [6.45, 7) is 0. The Bertz CT molecular complexity index is 743. The Morgan fingerprint density at radius 2 is 2.10 bits per heavy atom. The summed E-state index contributed by atoms with van der Waals surface area (Å²) in [6.07, 6.45) is 3.70. The van der Waals surface area contributed by atoms with E-state index in [1.807, 2.05) is 6.08 Å². The van der Waals surface area contributed by atoms with Gasteiger partial charge in [0.25, 0.3) is 0 Å². The quantitative estimate of drug-likeness (QED) is 0.875. The van der Waals surface area contributed by atoms with Crippen LogP contribution in [0.1, 0.15) is 29.5 Å². The number of nitrogens with zero attached hydrogens (tertiary/aromatic N) is 1. The summed E-state index contributed by atoms with van der Waals surface area (Å²) in [4.78, 5) is 31.5. The van der Waals surface area contributed by atoms with E-state index in [9.17, 15) is 14.7 Å². The number of nitrogens with one attached hydrogen (secondary N) is 1. The Morgan fingerprint density at radius 1 is 1.33 bits per heavy atom. The lowest BCUT2D eigenvalue weighted by atomic mass is 10.1. The molecular weight excluding hydrogens is 272 g/mol. The number of hydrogen-bond donors (Lipinski definition) is 2. The second-order valence-corrected chi connectivity index (χ2v) is 4.75. The van der Waals surface area contributed by atoms with Crippen LogP contribution in [0.4, 0.5) is 0 Å². The smallest absolute Gasteiger partial charge is 0.365 e. The second-order valence-electron chi connectivity index (χ2n) is 4.75. The van der Waals surface area contributed by atoms with Gasteiger partial charge in [-0.1, -0.05) is 36.4 Å². The van der Waals surface area contributed by atoms with Crippen molar-refractivity contribution in [3.63, 3.8) is 0 Å². The van der Waals surface area contributed by atoms with Crippen LogP contribution in [-0.4, -0.2) is 20.8 Å². The van der Waals surface area contributed by atoms with E-state index in [1.165, 1.54) is 0 Å². The molecule has 1 unspecified atom stereocenters. The van der Waals surface area contributed by atoms with E-state index in [0.717, 1.165) is 16.8 Å². The summed E-state index contributed by atoms with van der Waals surface area (Å²) in [7, 11) is 0. The Balaban J connectivity index is 1.85. The molecule has 3 rings (SSSR count). The molecular formula is C15H14N2O4.